The van der Waals surface area contributed by atoms with Crippen LogP contribution in [0.4, 0.5) is 5.95 Å². The quantitative estimate of drug-likeness (QED) is 0.152. The van der Waals surface area contributed by atoms with E-state index in [2.05, 4.69) is 33.4 Å². The summed E-state index contributed by atoms with van der Waals surface area (Å²) in [4.78, 5) is 17.9. The summed E-state index contributed by atoms with van der Waals surface area (Å²) in [7, 11) is 0. The molecule has 1 atom stereocenters. The molecule has 9 heteroatoms. The first-order valence-corrected chi connectivity index (χ1v) is 14.5. The van der Waals surface area contributed by atoms with Crippen molar-refractivity contribution in [2.24, 2.45) is 0 Å². The minimum atomic E-state index is -0.482. The highest BCUT2D eigenvalue weighted by Crippen LogP contribution is 2.37. The molecule has 0 saturated carbocycles. The van der Waals surface area contributed by atoms with Crippen molar-refractivity contribution >= 4 is 39.6 Å². The molecule has 0 radical (unpaired) electrons. The highest BCUT2D eigenvalue weighted by molar-refractivity contribution is 9.10. The van der Waals surface area contributed by atoms with Crippen LogP contribution in [0.5, 0.6) is 5.75 Å². The number of allylic oxidation sites excluding steroid dienone is 1. The van der Waals surface area contributed by atoms with Crippen LogP contribution in [0.1, 0.15) is 43.0 Å². The number of carbonyl (C=O) groups excluding carboxylic acids is 1. The van der Waals surface area contributed by atoms with Gasteiger partial charge in [-0.3, -0.25) is 0 Å². The number of fused-ring (bicyclic) bond motifs is 1. The number of esters is 1. The van der Waals surface area contributed by atoms with Crippen LogP contribution in [0.25, 0.3) is 0 Å². The number of carbonyl (C=O) groups is 1. The van der Waals surface area contributed by atoms with Crippen LogP contribution in [0, 0.1) is 0 Å². The zero-order chi connectivity index (χ0) is 27.2. The van der Waals surface area contributed by atoms with E-state index >= 15 is 0 Å². The van der Waals surface area contributed by atoms with Crippen LogP contribution < -0.4 is 10.1 Å². The first kappa shape index (κ1) is 27.0. The summed E-state index contributed by atoms with van der Waals surface area (Å²) in [5.41, 5.74) is 4.38. The van der Waals surface area contributed by atoms with Crippen LogP contribution in [0.15, 0.2) is 99.8 Å². The van der Waals surface area contributed by atoms with Crippen LogP contribution in [0.3, 0.4) is 0 Å². The maximum absolute atomic E-state index is 13.2. The normalized spacial score (nSPS) is 14.5. The molecule has 200 valence electrons. The van der Waals surface area contributed by atoms with Crippen LogP contribution in [0.2, 0.25) is 0 Å². The molecule has 4 aromatic rings. The van der Waals surface area contributed by atoms with Crippen molar-refractivity contribution in [1.29, 1.82) is 0 Å². The maximum Gasteiger partial charge on any atom is 0.338 e. The van der Waals surface area contributed by atoms with Gasteiger partial charge in [-0.2, -0.15) is 4.98 Å². The number of hydrogen-bond donors (Lipinski definition) is 1. The number of aromatic nitrogens is 3. The second kappa shape index (κ2) is 12.5. The van der Waals surface area contributed by atoms with Gasteiger partial charge in [0.15, 0.2) is 0 Å². The largest absolute Gasteiger partial charge is 0.489 e. The van der Waals surface area contributed by atoms with E-state index in [0.29, 0.717) is 35.6 Å². The third kappa shape index (κ3) is 6.54. The van der Waals surface area contributed by atoms with E-state index in [1.54, 1.807) is 16.4 Å². The topological polar surface area (TPSA) is 78.3 Å². The van der Waals surface area contributed by atoms with Gasteiger partial charge in [-0.25, -0.2) is 9.48 Å². The summed E-state index contributed by atoms with van der Waals surface area (Å²) in [6, 6.07) is 25.5. The van der Waals surface area contributed by atoms with Crippen LogP contribution in [-0.2, 0) is 21.9 Å². The number of ether oxygens (including phenoxy) is 2. The average Bonchev–Trinajstić information content (AvgIpc) is 3.37. The Morgan fingerprint density at radius 1 is 1.03 bits per heavy atom. The molecule has 0 spiro atoms. The predicted molar refractivity (Wildman–Crippen MR) is 157 cm³/mol. The lowest BCUT2D eigenvalue weighted by atomic mass is 9.96. The number of hydrogen-bond acceptors (Lipinski definition) is 7. The lowest BCUT2D eigenvalue weighted by Crippen LogP contribution is -2.29. The molecule has 1 N–H and O–H groups in total. The number of thioether (sulfide) groups is 1. The van der Waals surface area contributed by atoms with Gasteiger partial charge < -0.3 is 14.8 Å². The SMILES string of the molecule is CCCOC(=O)C1=C(C)Nc2nc(SCc3ccccc3)nn2C1c1ccc(OCc2ccc(Br)cc2)cc1. The Balaban J connectivity index is 1.40. The Morgan fingerprint density at radius 2 is 1.77 bits per heavy atom. The van der Waals surface area contributed by atoms with Crippen molar-refractivity contribution in [2.45, 2.75) is 43.8 Å². The zero-order valence-corrected chi connectivity index (χ0v) is 24.2. The molecule has 0 aliphatic carbocycles. The third-order valence-corrected chi connectivity index (χ3v) is 7.65. The van der Waals surface area contributed by atoms with Gasteiger partial charge in [0.2, 0.25) is 11.1 Å². The molecule has 3 aromatic carbocycles. The van der Waals surface area contributed by atoms with Gasteiger partial charge in [-0.05, 0) is 54.3 Å². The van der Waals surface area contributed by atoms with Crippen LogP contribution in [-0.4, -0.2) is 27.3 Å². The molecular formula is C30H29BrN4O3S. The Bertz CT molecular complexity index is 1450. The monoisotopic (exact) mass is 604 g/mol. The number of anilines is 1. The summed E-state index contributed by atoms with van der Waals surface area (Å²) in [6.07, 6.45) is 0.745. The number of benzene rings is 3. The molecule has 0 saturated heterocycles. The Hall–Kier alpha value is -3.56. The molecule has 0 amide bonds. The van der Waals surface area contributed by atoms with Crippen LogP contribution >= 0.6 is 27.7 Å². The molecule has 0 bridgehead atoms. The number of halogens is 1. The van der Waals surface area contributed by atoms with Gasteiger partial charge >= 0.3 is 5.97 Å². The lowest BCUT2D eigenvalue weighted by Gasteiger charge is -2.28. The molecule has 5 rings (SSSR count). The smallest absolute Gasteiger partial charge is 0.338 e. The van der Waals surface area contributed by atoms with Crippen molar-refractivity contribution in [3.8, 4) is 5.75 Å². The fraction of sp³-hybridized carbons (Fsp3) is 0.233. The van der Waals surface area contributed by atoms with E-state index in [-0.39, 0.29) is 5.97 Å². The molecule has 1 aliphatic heterocycles. The fourth-order valence-corrected chi connectivity index (χ4v) is 5.30. The highest BCUT2D eigenvalue weighted by Gasteiger charge is 2.35. The molecule has 39 heavy (non-hydrogen) atoms. The first-order valence-electron chi connectivity index (χ1n) is 12.8. The summed E-state index contributed by atoms with van der Waals surface area (Å²) < 4.78 is 14.4. The van der Waals surface area contributed by atoms with Gasteiger partial charge in [0.05, 0.1) is 12.2 Å². The van der Waals surface area contributed by atoms with E-state index in [0.717, 1.165) is 33.5 Å². The Kier molecular flexibility index (Phi) is 8.68. The number of nitrogens with one attached hydrogen (secondary N) is 1. The lowest BCUT2D eigenvalue weighted by molar-refractivity contribution is -0.139. The summed E-state index contributed by atoms with van der Waals surface area (Å²) in [6.45, 7) is 4.67. The number of rotatable bonds is 10. The Labute approximate surface area is 240 Å². The molecular weight excluding hydrogens is 576 g/mol. The Morgan fingerprint density at radius 3 is 2.49 bits per heavy atom. The molecule has 1 aromatic heterocycles. The van der Waals surface area contributed by atoms with E-state index < -0.39 is 6.04 Å². The van der Waals surface area contributed by atoms with Gasteiger partial charge in [0, 0.05) is 15.9 Å². The standard InChI is InChI=1S/C30H29BrN4O3S/c1-3-17-37-28(36)26-20(2)32-29-33-30(39-19-22-7-5-4-6-8-22)34-35(29)27(26)23-11-15-25(16-12-23)38-18-21-9-13-24(31)14-10-21/h4-16,27H,3,17-19H2,1-2H3,(H,32,33,34). The van der Waals surface area contributed by atoms with Crippen molar-refractivity contribution in [2.75, 3.05) is 11.9 Å². The molecule has 2 heterocycles. The van der Waals surface area contributed by atoms with Crippen molar-refractivity contribution in [1.82, 2.24) is 14.8 Å². The average molecular weight is 606 g/mol. The van der Waals surface area contributed by atoms with E-state index in [1.165, 1.54) is 5.56 Å². The first-order chi connectivity index (χ1) is 19.0. The predicted octanol–water partition coefficient (Wildman–Crippen LogP) is 7.15. The van der Waals surface area contributed by atoms with E-state index in [4.69, 9.17) is 19.6 Å². The highest BCUT2D eigenvalue weighted by atomic mass is 79.9. The molecule has 1 aliphatic rings. The maximum atomic E-state index is 13.2. The van der Waals surface area contributed by atoms with Crippen molar-refractivity contribution < 1.29 is 14.3 Å². The minimum Gasteiger partial charge on any atom is -0.489 e. The third-order valence-electron chi connectivity index (χ3n) is 6.22. The van der Waals surface area contributed by atoms with Gasteiger partial charge in [-0.15, -0.1) is 5.10 Å². The zero-order valence-electron chi connectivity index (χ0n) is 21.8. The second-order valence-corrected chi connectivity index (χ2v) is 11.0. The van der Waals surface area contributed by atoms with Gasteiger partial charge in [-0.1, -0.05) is 89.2 Å². The van der Waals surface area contributed by atoms with Crippen molar-refractivity contribution in [3.63, 3.8) is 0 Å². The molecule has 7 nitrogen and oxygen atoms in total. The minimum absolute atomic E-state index is 0.355. The molecule has 1 unspecified atom stereocenters. The summed E-state index contributed by atoms with van der Waals surface area (Å²) in [5, 5.41) is 8.71. The number of nitrogens with zero attached hydrogens (tertiary/aromatic N) is 3. The van der Waals surface area contributed by atoms with E-state index in [1.807, 2.05) is 80.6 Å². The van der Waals surface area contributed by atoms with Crippen molar-refractivity contribution in [3.05, 3.63) is 111 Å². The second-order valence-electron chi connectivity index (χ2n) is 9.12. The summed E-state index contributed by atoms with van der Waals surface area (Å²) in [5.74, 6) is 1.72. The van der Waals surface area contributed by atoms with Gasteiger partial charge in [0.1, 0.15) is 18.4 Å². The fourth-order valence-electron chi connectivity index (χ4n) is 4.25. The van der Waals surface area contributed by atoms with Gasteiger partial charge in [0.25, 0.3) is 0 Å². The molecule has 0 fully saturated rings. The van der Waals surface area contributed by atoms with E-state index in [9.17, 15) is 4.79 Å². The summed E-state index contributed by atoms with van der Waals surface area (Å²) >= 11 is 5.01.